The molecule has 28 heavy (non-hydrogen) atoms. The molecule has 0 aliphatic rings. The molecule has 0 saturated carbocycles. The first-order chi connectivity index (χ1) is 13.7. The van der Waals surface area contributed by atoms with E-state index in [4.69, 9.17) is 6.42 Å². The average Bonchev–Trinajstić information content (AvgIpc) is 2.74. The summed E-state index contributed by atoms with van der Waals surface area (Å²) in [6, 6.07) is 16.4. The highest BCUT2D eigenvalue weighted by Gasteiger charge is 2.15. The number of terminal acetylenes is 1. The molecule has 0 radical (unpaired) electrons. The Morgan fingerprint density at radius 1 is 1.11 bits per heavy atom. The van der Waals surface area contributed by atoms with E-state index in [0.717, 1.165) is 44.4 Å². The number of hydrogen-bond donors (Lipinski definition) is 0. The summed E-state index contributed by atoms with van der Waals surface area (Å²) < 4.78 is 0. The molecule has 0 atom stereocenters. The molecular weight excluding hydrogens is 340 g/mol. The van der Waals surface area contributed by atoms with E-state index >= 15 is 0 Å². The van der Waals surface area contributed by atoms with Gasteiger partial charge in [0.1, 0.15) is 0 Å². The van der Waals surface area contributed by atoms with Crippen LogP contribution in [-0.2, 0) is 0 Å². The number of nitrogens with zero attached hydrogens (tertiary/aromatic N) is 2. The third-order valence-corrected chi connectivity index (χ3v) is 4.49. The predicted molar refractivity (Wildman–Crippen MR) is 122 cm³/mol. The lowest BCUT2D eigenvalue weighted by Crippen LogP contribution is -1.92. The van der Waals surface area contributed by atoms with Crippen LogP contribution in [0.3, 0.4) is 0 Å². The molecular formula is C26H22N2. The van der Waals surface area contributed by atoms with Crippen molar-refractivity contribution in [1.82, 2.24) is 4.98 Å². The number of allylic oxidation sites excluding steroid dienone is 5. The molecule has 0 saturated heterocycles. The number of rotatable bonds is 5. The lowest BCUT2D eigenvalue weighted by atomic mass is 9.94. The third-order valence-electron chi connectivity index (χ3n) is 4.49. The van der Waals surface area contributed by atoms with Crippen molar-refractivity contribution >= 4 is 28.4 Å². The van der Waals surface area contributed by atoms with Gasteiger partial charge in [0, 0.05) is 28.9 Å². The first-order valence-electron chi connectivity index (χ1n) is 9.16. The van der Waals surface area contributed by atoms with Gasteiger partial charge in [-0.05, 0) is 42.7 Å². The van der Waals surface area contributed by atoms with E-state index in [2.05, 4.69) is 40.7 Å². The normalized spacial score (nSPS) is 12.0. The van der Waals surface area contributed by atoms with Gasteiger partial charge in [0.25, 0.3) is 0 Å². The summed E-state index contributed by atoms with van der Waals surface area (Å²) in [5.41, 5.74) is 6.25. The number of aromatic nitrogens is 1. The highest BCUT2D eigenvalue weighted by atomic mass is 14.8. The standard InChI is InChI=1S/C26H22N2/c1-5-8-12-20(6-2)19(4)22-15-16-24-23(21-13-10-9-11-14-21)17-18-28-26(24)25(22)27-7-3/h2,5,7-18H,4H2,1,3H3. The zero-order valence-corrected chi connectivity index (χ0v) is 16.2. The van der Waals surface area contributed by atoms with Crippen molar-refractivity contribution in [2.24, 2.45) is 4.99 Å². The lowest BCUT2D eigenvalue weighted by Gasteiger charge is -2.13. The Bertz CT molecular complexity index is 1140. The van der Waals surface area contributed by atoms with Crippen LogP contribution in [-0.4, -0.2) is 11.2 Å². The van der Waals surface area contributed by atoms with Crippen LogP contribution in [0.1, 0.15) is 19.4 Å². The predicted octanol–water partition coefficient (Wildman–Crippen LogP) is 6.77. The molecule has 0 N–H and O–H groups in total. The topological polar surface area (TPSA) is 25.2 Å². The van der Waals surface area contributed by atoms with Crippen LogP contribution >= 0.6 is 0 Å². The average molecular weight is 362 g/mol. The minimum absolute atomic E-state index is 0.726. The number of fused-ring (bicyclic) bond motifs is 1. The second kappa shape index (κ2) is 8.79. The first kappa shape index (κ1) is 19.1. The SMILES string of the molecule is C#CC(=CC=CC)C(=C)c1ccc2c(-c3ccccc3)ccnc2c1N=CC. The van der Waals surface area contributed by atoms with Crippen LogP contribution in [0.15, 0.2) is 90.1 Å². The van der Waals surface area contributed by atoms with Gasteiger partial charge in [-0.15, -0.1) is 6.42 Å². The van der Waals surface area contributed by atoms with Gasteiger partial charge in [-0.25, -0.2) is 0 Å². The fourth-order valence-corrected chi connectivity index (χ4v) is 3.15. The summed E-state index contributed by atoms with van der Waals surface area (Å²) in [5.74, 6) is 2.73. The van der Waals surface area contributed by atoms with Crippen LogP contribution in [0, 0.1) is 12.3 Å². The highest BCUT2D eigenvalue weighted by molar-refractivity contribution is 6.05. The van der Waals surface area contributed by atoms with Crippen molar-refractivity contribution in [2.45, 2.75) is 13.8 Å². The molecule has 0 fully saturated rings. The van der Waals surface area contributed by atoms with E-state index in [1.165, 1.54) is 0 Å². The number of aliphatic imine (C=N–C) groups is 1. The molecule has 0 aliphatic heterocycles. The molecule has 2 heteroatoms. The molecule has 0 bridgehead atoms. The van der Waals surface area contributed by atoms with Crippen molar-refractivity contribution in [3.8, 4) is 23.5 Å². The maximum absolute atomic E-state index is 5.72. The van der Waals surface area contributed by atoms with E-state index in [9.17, 15) is 0 Å². The minimum Gasteiger partial charge on any atom is -0.259 e. The van der Waals surface area contributed by atoms with Gasteiger partial charge >= 0.3 is 0 Å². The second-order valence-electron chi connectivity index (χ2n) is 6.20. The Hall–Kier alpha value is -3.70. The van der Waals surface area contributed by atoms with Crippen molar-refractivity contribution in [3.63, 3.8) is 0 Å². The lowest BCUT2D eigenvalue weighted by molar-refractivity contribution is 1.38. The van der Waals surface area contributed by atoms with Crippen LogP contribution in [0.5, 0.6) is 0 Å². The summed E-state index contributed by atoms with van der Waals surface area (Å²) in [7, 11) is 0. The molecule has 2 aromatic carbocycles. The number of hydrogen-bond acceptors (Lipinski definition) is 2. The summed E-state index contributed by atoms with van der Waals surface area (Å²) >= 11 is 0. The molecule has 2 nitrogen and oxygen atoms in total. The van der Waals surface area contributed by atoms with Gasteiger partial charge in [0.2, 0.25) is 0 Å². The number of benzene rings is 2. The van der Waals surface area contributed by atoms with Crippen molar-refractivity contribution in [1.29, 1.82) is 0 Å². The summed E-state index contributed by atoms with van der Waals surface area (Å²) in [4.78, 5) is 9.26. The fraction of sp³-hybridized carbons (Fsp3) is 0.0769. The highest BCUT2D eigenvalue weighted by Crippen LogP contribution is 2.38. The van der Waals surface area contributed by atoms with E-state index < -0.39 is 0 Å². The minimum atomic E-state index is 0.726. The quantitative estimate of drug-likeness (QED) is 0.279. The Kier molecular flexibility index (Phi) is 5.99. The van der Waals surface area contributed by atoms with Crippen molar-refractivity contribution in [3.05, 3.63) is 90.7 Å². The molecule has 0 spiro atoms. The van der Waals surface area contributed by atoms with Gasteiger partial charge in [0.15, 0.2) is 0 Å². The monoisotopic (exact) mass is 362 g/mol. The Labute approximate surface area is 166 Å². The van der Waals surface area contributed by atoms with Crippen LogP contribution in [0.4, 0.5) is 5.69 Å². The zero-order valence-electron chi connectivity index (χ0n) is 16.2. The molecule has 0 amide bonds. The molecule has 3 aromatic rings. The summed E-state index contributed by atoms with van der Waals surface area (Å²) in [6.07, 6.45) is 15.1. The van der Waals surface area contributed by atoms with Crippen molar-refractivity contribution < 1.29 is 0 Å². The van der Waals surface area contributed by atoms with Gasteiger partial charge in [-0.1, -0.05) is 67.1 Å². The van der Waals surface area contributed by atoms with Crippen LogP contribution in [0.2, 0.25) is 0 Å². The molecule has 0 unspecified atom stereocenters. The van der Waals surface area contributed by atoms with Gasteiger partial charge in [-0.3, -0.25) is 9.98 Å². The van der Waals surface area contributed by atoms with E-state index in [-0.39, 0.29) is 0 Å². The molecule has 3 rings (SSSR count). The van der Waals surface area contributed by atoms with Gasteiger partial charge in [-0.2, -0.15) is 0 Å². The van der Waals surface area contributed by atoms with Gasteiger partial charge in [0.05, 0.1) is 11.2 Å². The van der Waals surface area contributed by atoms with Gasteiger partial charge < -0.3 is 0 Å². The van der Waals surface area contributed by atoms with Crippen molar-refractivity contribution in [2.75, 3.05) is 0 Å². The number of pyridine rings is 1. The third kappa shape index (κ3) is 3.70. The Balaban J connectivity index is 2.26. The molecule has 136 valence electrons. The summed E-state index contributed by atoms with van der Waals surface area (Å²) in [6.45, 7) is 8.08. The van der Waals surface area contributed by atoms with E-state index in [1.807, 2.05) is 68.6 Å². The largest absolute Gasteiger partial charge is 0.259 e. The molecule has 1 aromatic heterocycles. The Morgan fingerprint density at radius 3 is 2.57 bits per heavy atom. The van der Waals surface area contributed by atoms with Crippen LogP contribution in [0.25, 0.3) is 27.6 Å². The maximum Gasteiger partial charge on any atom is 0.0970 e. The molecule has 1 heterocycles. The second-order valence-corrected chi connectivity index (χ2v) is 6.20. The smallest absolute Gasteiger partial charge is 0.0970 e. The summed E-state index contributed by atoms with van der Waals surface area (Å²) in [5, 5.41) is 1.05. The van der Waals surface area contributed by atoms with Crippen LogP contribution < -0.4 is 0 Å². The Morgan fingerprint density at radius 2 is 1.89 bits per heavy atom. The maximum atomic E-state index is 5.72. The van der Waals surface area contributed by atoms with E-state index in [0.29, 0.717) is 0 Å². The molecule has 0 aliphatic carbocycles. The van der Waals surface area contributed by atoms with E-state index in [1.54, 1.807) is 6.21 Å². The first-order valence-corrected chi connectivity index (χ1v) is 9.16. The zero-order chi connectivity index (χ0) is 19.9. The fourth-order valence-electron chi connectivity index (χ4n) is 3.15.